The molecule has 350 valence electrons. The average Bonchev–Trinajstić information content (AvgIpc) is 3.24. The topological polar surface area (TPSA) is 212 Å². The van der Waals surface area contributed by atoms with Crippen LogP contribution in [0.3, 0.4) is 0 Å². The lowest BCUT2D eigenvalue weighted by atomic mass is 10.0. The van der Waals surface area contributed by atoms with Crippen LogP contribution >= 0.6 is 7.82 Å². The van der Waals surface area contributed by atoms with E-state index < -0.39 is 69.9 Å². The number of hydrogen-bond donors (Lipinski definition) is 5. The molecular weight excluding hydrogens is 813 g/mol. The van der Waals surface area contributed by atoms with Gasteiger partial charge < -0.3 is 35.4 Å². The molecule has 0 bridgehead atoms. The number of esters is 2. The number of rotatable bonds is 39. The Labute approximate surface area is 371 Å². The summed E-state index contributed by atoms with van der Waals surface area (Å²) in [6.07, 6.45) is 46.1. The molecule has 0 saturated carbocycles. The standard InChI is InChI=1S/C48H76NO12P/c1-3-5-7-9-11-13-15-17-18-19-20-21-22-23-25-27-29-31-33-37-46(52)58-39-42(40-59-62(56,57)60-41-43(49)48(54)55)61-47(53)38-34-36-45(51)44(50)35-32-30-28-26-24-16-14-12-10-8-6-4-2/h5-8,11-14,17-18,20-21,23-26,30,32,42-45,50-51H,3-4,9-10,15-16,19,22,27-29,31,33-41,49H2,1-2H3,(H,54,55)(H,56,57)/b7-5-,8-6-,13-11-,14-12-,18-17-,21-20-,25-23-,26-24-,32-30-/t42-,43+,44-,45-/m1/s1. The first-order valence-corrected chi connectivity index (χ1v) is 23.6. The van der Waals surface area contributed by atoms with Gasteiger partial charge in [-0.3, -0.25) is 23.4 Å². The molecule has 0 aromatic carbocycles. The van der Waals surface area contributed by atoms with Crippen LogP contribution in [0.2, 0.25) is 0 Å². The van der Waals surface area contributed by atoms with Crippen molar-refractivity contribution in [2.45, 2.75) is 154 Å². The average molecular weight is 890 g/mol. The van der Waals surface area contributed by atoms with E-state index in [0.717, 1.165) is 70.6 Å². The molecule has 0 aliphatic carbocycles. The van der Waals surface area contributed by atoms with E-state index >= 15 is 0 Å². The lowest BCUT2D eigenvalue weighted by molar-refractivity contribution is -0.161. The normalized spacial score (nSPS) is 15.7. The van der Waals surface area contributed by atoms with Crippen LogP contribution < -0.4 is 5.73 Å². The summed E-state index contributed by atoms with van der Waals surface area (Å²) in [6, 6.07) is -1.58. The molecule has 13 nitrogen and oxygen atoms in total. The fraction of sp³-hybridized carbons (Fsp3) is 0.562. The van der Waals surface area contributed by atoms with Gasteiger partial charge in [-0.1, -0.05) is 130 Å². The smallest absolute Gasteiger partial charge is 0.472 e. The summed E-state index contributed by atoms with van der Waals surface area (Å²) < 4.78 is 32.5. The number of carbonyl (C=O) groups is 3. The van der Waals surface area contributed by atoms with E-state index in [9.17, 15) is 34.1 Å². The van der Waals surface area contributed by atoms with E-state index in [-0.39, 0.29) is 32.1 Å². The van der Waals surface area contributed by atoms with Crippen molar-refractivity contribution in [3.63, 3.8) is 0 Å². The first kappa shape index (κ1) is 58.1. The van der Waals surface area contributed by atoms with Crippen molar-refractivity contribution in [2.75, 3.05) is 19.8 Å². The minimum absolute atomic E-state index is 0.102. The van der Waals surface area contributed by atoms with Crippen LogP contribution in [-0.4, -0.2) is 82.3 Å². The molecule has 0 rings (SSSR count). The summed E-state index contributed by atoms with van der Waals surface area (Å²) in [5.74, 6) is -2.76. The van der Waals surface area contributed by atoms with Crippen LogP contribution in [0.15, 0.2) is 109 Å². The number of allylic oxidation sites excluding steroid dienone is 17. The van der Waals surface area contributed by atoms with E-state index in [0.29, 0.717) is 12.8 Å². The number of aliphatic hydroxyl groups excluding tert-OH is 2. The van der Waals surface area contributed by atoms with E-state index in [1.807, 2.05) is 12.2 Å². The molecule has 0 radical (unpaired) electrons. The van der Waals surface area contributed by atoms with Crippen molar-refractivity contribution < 1.29 is 57.7 Å². The molecule has 0 amide bonds. The second-order valence-electron chi connectivity index (χ2n) is 14.4. The largest absolute Gasteiger partial charge is 0.480 e. The number of unbranched alkanes of at least 4 members (excludes halogenated alkanes) is 3. The number of aliphatic carboxylic acids is 1. The minimum Gasteiger partial charge on any atom is -0.480 e. The molecule has 14 heteroatoms. The third-order valence-corrected chi connectivity index (χ3v) is 9.67. The van der Waals surface area contributed by atoms with E-state index in [4.69, 9.17) is 24.8 Å². The maximum atomic E-state index is 12.7. The number of carbonyl (C=O) groups excluding carboxylic acids is 2. The highest BCUT2D eigenvalue weighted by Crippen LogP contribution is 2.43. The highest BCUT2D eigenvalue weighted by molar-refractivity contribution is 7.47. The lowest BCUT2D eigenvalue weighted by Gasteiger charge is -2.20. The number of phosphoric ester groups is 1. The molecule has 5 atom stereocenters. The van der Waals surface area contributed by atoms with E-state index in [1.54, 1.807) is 6.08 Å². The van der Waals surface area contributed by atoms with E-state index in [1.165, 1.54) is 0 Å². The van der Waals surface area contributed by atoms with Crippen molar-refractivity contribution >= 4 is 25.7 Å². The number of nitrogens with two attached hydrogens (primary N) is 1. The third kappa shape index (κ3) is 38.9. The monoisotopic (exact) mass is 890 g/mol. The molecule has 0 fully saturated rings. The molecule has 0 aromatic rings. The molecule has 0 aromatic heterocycles. The van der Waals surface area contributed by atoms with Crippen LogP contribution in [0.4, 0.5) is 0 Å². The first-order chi connectivity index (χ1) is 29.9. The Hall–Kier alpha value is -3.94. The number of carboxylic acids is 1. The molecule has 0 aliphatic rings. The van der Waals surface area contributed by atoms with Gasteiger partial charge in [0, 0.05) is 12.8 Å². The zero-order valence-corrected chi connectivity index (χ0v) is 38.0. The van der Waals surface area contributed by atoms with Gasteiger partial charge in [-0.25, -0.2) is 4.57 Å². The van der Waals surface area contributed by atoms with Crippen molar-refractivity contribution in [3.8, 4) is 0 Å². The van der Waals surface area contributed by atoms with Crippen molar-refractivity contribution in [3.05, 3.63) is 109 Å². The molecule has 0 spiro atoms. The van der Waals surface area contributed by atoms with Gasteiger partial charge in [0.05, 0.1) is 25.4 Å². The zero-order valence-electron chi connectivity index (χ0n) is 37.1. The summed E-state index contributed by atoms with van der Waals surface area (Å²) >= 11 is 0. The third-order valence-electron chi connectivity index (χ3n) is 8.72. The fourth-order valence-electron chi connectivity index (χ4n) is 5.18. The Morgan fingerprint density at radius 3 is 1.52 bits per heavy atom. The summed E-state index contributed by atoms with van der Waals surface area (Å²) in [5.41, 5.74) is 5.32. The Morgan fingerprint density at radius 2 is 1.02 bits per heavy atom. The van der Waals surface area contributed by atoms with Gasteiger partial charge >= 0.3 is 25.7 Å². The molecule has 0 saturated heterocycles. The number of carboxylic acid groups (broad SMARTS) is 1. The number of ether oxygens (including phenoxy) is 2. The Bertz CT molecular complexity index is 1500. The Kier molecular flexibility index (Phi) is 38.5. The van der Waals surface area contributed by atoms with Crippen LogP contribution in [0.1, 0.15) is 129 Å². The predicted molar refractivity (Wildman–Crippen MR) is 247 cm³/mol. The second-order valence-corrected chi connectivity index (χ2v) is 15.8. The van der Waals surface area contributed by atoms with E-state index in [2.05, 4.69) is 110 Å². The molecule has 6 N–H and O–H groups in total. The number of aliphatic hydroxyl groups is 2. The quantitative estimate of drug-likeness (QED) is 0.0169. The van der Waals surface area contributed by atoms with Crippen LogP contribution in [0.25, 0.3) is 0 Å². The highest BCUT2D eigenvalue weighted by atomic mass is 31.2. The van der Waals surface area contributed by atoms with Gasteiger partial charge in [0.2, 0.25) is 0 Å². The highest BCUT2D eigenvalue weighted by Gasteiger charge is 2.28. The maximum absolute atomic E-state index is 12.7. The van der Waals surface area contributed by atoms with Gasteiger partial charge in [0.15, 0.2) is 6.10 Å². The van der Waals surface area contributed by atoms with Crippen LogP contribution in [0.5, 0.6) is 0 Å². The second kappa shape index (κ2) is 41.1. The van der Waals surface area contributed by atoms with Crippen LogP contribution in [-0.2, 0) is 37.5 Å². The van der Waals surface area contributed by atoms with Crippen LogP contribution in [0, 0.1) is 0 Å². The summed E-state index contributed by atoms with van der Waals surface area (Å²) in [7, 11) is -4.82. The maximum Gasteiger partial charge on any atom is 0.472 e. The van der Waals surface area contributed by atoms with Crippen molar-refractivity contribution in [1.82, 2.24) is 0 Å². The zero-order chi connectivity index (χ0) is 45.9. The van der Waals surface area contributed by atoms with Gasteiger partial charge in [-0.05, 0) is 96.3 Å². The first-order valence-electron chi connectivity index (χ1n) is 22.1. The minimum atomic E-state index is -4.82. The van der Waals surface area contributed by atoms with Gasteiger partial charge in [-0.2, -0.15) is 0 Å². The lowest BCUT2D eigenvalue weighted by Crippen LogP contribution is -2.34. The molecular formula is C48H76NO12P. The molecule has 0 aliphatic heterocycles. The summed E-state index contributed by atoms with van der Waals surface area (Å²) in [4.78, 5) is 46.1. The molecule has 62 heavy (non-hydrogen) atoms. The van der Waals surface area contributed by atoms with Crippen molar-refractivity contribution in [2.24, 2.45) is 5.73 Å². The van der Waals surface area contributed by atoms with Gasteiger partial charge in [0.1, 0.15) is 12.6 Å². The fourth-order valence-corrected chi connectivity index (χ4v) is 5.95. The van der Waals surface area contributed by atoms with Gasteiger partial charge in [-0.15, -0.1) is 0 Å². The predicted octanol–water partition coefficient (Wildman–Crippen LogP) is 9.78. The van der Waals surface area contributed by atoms with Gasteiger partial charge in [0.25, 0.3) is 0 Å². The summed E-state index contributed by atoms with van der Waals surface area (Å²) in [5, 5.41) is 29.6. The number of hydrogen-bond acceptors (Lipinski definition) is 11. The summed E-state index contributed by atoms with van der Waals surface area (Å²) in [6.45, 7) is 2.22. The molecule has 0 heterocycles. The Balaban J connectivity index is 4.68. The SMILES string of the molecule is CC/C=C\C/C=C\C/C=C\C/C=C\C/C=C\CCCCCC(=O)OC[C@H](COP(=O)(O)OC[C@H](N)C(=O)O)OC(=O)CCC[C@@H](O)[C@H](O)C/C=C\C/C=C\C/C=C\C/C=C\CC. The molecule has 1 unspecified atom stereocenters. The Morgan fingerprint density at radius 1 is 0.565 bits per heavy atom. The number of phosphoric acid groups is 1. The van der Waals surface area contributed by atoms with Crippen molar-refractivity contribution in [1.29, 1.82) is 0 Å².